The lowest BCUT2D eigenvalue weighted by molar-refractivity contribution is -0.141. The van der Waals surface area contributed by atoms with Crippen molar-refractivity contribution in [3.63, 3.8) is 0 Å². The highest BCUT2D eigenvalue weighted by molar-refractivity contribution is 5.79. The first-order chi connectivity index (χ1) is 13.5. The van der Waals surface area contributed by atoms with Crippen molar-refractivity contribution in [3.8, 4) is 0 Å². The van der Waals surface area contributed by atoms with Crippen LogP contribution in [0, 0.1) is 0 Å². The molecule has 1 N–H and O–H groups in total. The Balaban J connectivity index is 1.55. The lowest BCUT2D eigenvalue weighted by atomic mass is 10.1. The third-order valence-electron chi connectivity index (χ3n) is 4.45. The number of hydrogen-bond donors (Lipinski definition) is 1. The smallest absolute Gasteiger partial charge is 0.368 e. The molecule has 3 rings (SSSR count). The second-order valence-electron chi connectivity index (χ2n) is 6.65. The summed E-state index contributed by atoms with van der Waals surface area (Å²) in [5.41, 5.74) is -1.25. The SMILES string of the molecule is O=C(Cc1ccc(C(F)(F)F)nc1)NC1CCN(c2cncc(C(F)(F)F)c2)C1. The molecule has 0 spiro atoms. The van der Waals surface area contributed by atoms with Crippen LogP contribution in [0.3, 0.4) is 0 Å². The van der Waals surface area contributed by atoms with Crippen molar-refractivity contribution in [2.45, 2.75) is 31.2 Å². The van der Waals surface area contributed by atoms with Gasteiger partial charge in [-0.3, -0.25) is 14.8 Å². The van der Waals surface area contributed by atoms with Gasteiger partial charge in [-0.1, -0.05) is 6.07 Å². The van der Waals surface area contributed by atoms with Gasteiger partial charge in [0.05, 0.1) is 23.9 Å². The number of carbonyl (C=O) groups is 1. The largest absolute Gasteiger partial charge is 0.433 e. The van der Waals surface area contributed by atoms with E-state index in [4.69, 9.17) is 0 Å². The van der Waals surface area contributed by atoms with Gasteiger partial charge in [0.1, 0.15) is 5.69 Å². The number of amides is 1. The lowest BCUT2D eigenvalue weighted by Crippen LogP contribution is -2.38. The number of carbonyl (C=O) groups excluding carboxylic acids is 1. The highest BCUT2D eigenvalue weighted by Gasteiger charge is 2.33. The van der Waals surface area contributed by atoms with E-state index in [9.17, 15) is 31.1 Å². The normalized spacial score (nSPS) is 17.4. The van der Waals surface area contributed by atoms with Crippen molar-refractivity contribution in [3.05, 3.63) is 53.6 Å². The average molecular weight is 418 g/mol. The summed E-state index contributed by atoms with van der Waals surface area (Å²) in [7, 11) is 0. The van der Waals surface area contributed by atoms with Crippen molar-refractivity contribution >= 4 is 11.6 Å². The third-order valence-corrected chi connectivity index (χ3v) is 4.45. The second kappa shape index (κ2) is 7.88. The maximum atomic E-state index is 12.8. The first-order valence-electron chi connectivity index (χ1n) is 8.61. The van der Waals surface area contributed by atoms with Gasteiger partial charge in [-0.05, 0) is 24.1 Å². The van der Waals surface area contributed by atoms with Gasteiger partial charge in [0.2, 0.25) is 5.91 Å². The molecule has 0 aliphatic carbocycles. The number of pyridine rings is 2. The monoisotopic (exact) mass is 418 g/mol. The minimum atomic E-state index is -4.55. The Bertz CT molecular complexity index is 866. The number of hydrogen-bond acceptors (Lipinski definition) is 4. The van der Waals surface area contributed by atoms with Crippen molar-refractivity contribution in [2.24, 2.45) is 0 Å². The lowest BCUT2D eigenvalue weighted by Gasteiger charge is -2.20. The molecular weight excluding hydrogens is 402 g/mol. The molecule has 0 bridgehead atoms. The Hall–Kier alpha value is -2.85. The molecule has 1 fully saturated rings. The minimum Gasteiger partial charge on any atom is -0.368 e. The molecule has 1 aliphatic rings. The molecule has 5 nitrogen and oxygen atoms in total. The van der Waals surface area contributed by atoms with Crippen LogP contribution >= 0.6 is 0 Å². The van der Waals surface area contributed by atoms with E-state index in [2.05, 4.69) is 15.3 Å². The number of nitrogens with one attached hydrogen (secondary N) is 1. The van der Waals surface area contributed by atoms with Crippen LogP contribution < -0.4 is 10.2 Å². The summed E-state index contributed by atoms with van der Waals surface area (Å²) in [6.45, 7) is 0.746. The van der Waals surface area contributed by atoms with Crippen LogP contribution in [-0.2, 0) is 23.6 Å². The van der Waals surface area contributed by atoms with Crippen molar-refractivity contribution in [2.75, 3.05) is 18.0 Å². The Labute approximate surface area is 161 Å². The highest BCUT2D eigenvalue weighted by atomic mass is 19.4. The van der Waals surface area contributed by atoms with Gasteiger partial charge in [-0.15, -0.1) is 0 Å². The van der Waals surface area contributed by atoms with Gasteiger partial charge < -0.3 is 10.2 Å². The standard InChI is InChI=1S/C18H16F6N4O/c19-17(20,21)12-6-14(9-25-8-12)28-4-3-13(10-28)27-16(29)5-11-1-2-15(26-7-11)18(22,23)24/h1-2,6-9,13H,3-5,10H2,(H,27,29). The van der Waals surface area contributed by atoms with Gasteiger partial charge in [-0.25, -0.2) is 0 Å². The Kier molecular flexibility index (Phi) is 5.67. The summed E-state index contributed by atoms with van der Waals surface area (Å²) in [6.07, 6.45) is -5.60. The van der Waals surface area contributed by atoms with E-state index in [1.165, 1.54) is 12.3 Å². The van der Waals surface area contributed by atoms with Crippen molar-refractivity contribution in [1.29, 1.82) is 0 Å². The number of anilines is 1. The number of halogens is 6. The number of nitrogens with zero attached hydrogens (tertiary/aromatic N) is 3. The van der Waals surface area contributed by atoms with E-state index in [1.807, 2.05) is 0 Å². The molecule has 1 atom stereocenters. The van der Waals surface area contributed by atoms with E-state index >= 15 is 0 Å². The van der Waals surface area contributed by atoms with Crippen LogP contribution in [0.1, 0.15) is 23.2 Å². The summed E-state index contributed by atoms with van der Waals surface area (Å²) in [5, 5.41) is 2.74. The maximum absolute atomic E-state index is 12.8. The zero-order chi connectivity index (χ0) is 21.2. The molecule has 2 aromatic heterocycles. The molecule has 0 radical (unpaired) electrons. The van der Waals surface area contributed by atoms with Gasteiger partial charge in [0, 0.05) is 31.5 Å². The molecule has 0 saturated carbocycles. The fraction of sp³-hybridized carbons (Fsp3) is 0.389. The summed E-state index contributed by atoms with van der Waals surface area (Å²) in [6, 6.07) is 2.70. The molecule has 1 aliphatic heterocycles. The van der Waals surface area contributed by atoms with E-state index in [-0.39, 0.29) is 12.5 Å². The predicted octanol–water partition coefficient (Wildman–Crippen LogP) is 3.45. The number of aromatic nitrogens is 2. The molecule has 1 saturated heterocycles. The average Bonchev–Trinajstić information content (AvgIpc) is 3.09. The van der Waals surface area contributed by atoms with Crippen LogP contribution in [0.25, 0.3) is 0 Å². The van der Waals surface area contributed by atoms with Gasteiger partial charge >= 0.3 is 12.4 Å². The molecule has 11 heteroatoms. The molecule has 1 unspecified atom stereocenters. The Morgan fingerprint density at radius 3 is 2.48 bits per heavy atom. The Morgan fingerprint density at radius 2 is 1.86 bits per heavy atom. The van der Waals surface area contributed by atoms with Gasteiger partial charge in [-0.2, -0.15) is 26.3 Å². The zero-order valence-electron chi connectivity index (χ0n) is 14.9. The number of rotatable bonds is 4. The van der Waals surface area contributed by atoms with Crippen LogP contribution in [-0.4, -0.2) is 35.0 Å². The Morgan fingerprint density at radius 1 is 1.10 bits per heavy atom. The van der Waals surface area contributed by atoms with Crippen LogP contribution in [0.15, 0.2) is 36.8 Å². The first-order valence-corrected chi connectivity index (χ1v) is 8.61. The molecule has 3 heterocycles. The summed E-state index contributed by atoms with van der Waals surface area (Å²) < 4.78 is 76.0. The fourth-order valence-corrected chi connectivity index (χ4v) is 3.03. The van der Waals surface area contributed by atoms with Crippen LogP contribution in [0.5, 0.6) is 0 Å². The molecule has 29 heavy (non-hydrogen) atoms. The van der Waals surface area contributed by atoms with E-state index < -0.39 is 29.5 Å². The van der Waals surface area contributed by atoms with E-state index in [1.54, 1.807) is 4.90 Å². The van der Waals surface area contributed by atoms with E-state index in [0.717, 1.165) is 24.5 Å². The van der Waals surface area contributed by atoms with Gasteiger partial charge in [0.25, 0.3) is 0 Å². The van der Waals surface area contributed by atoms with Gasteiger partial charge in [0.15, 0.2) is 0 Å². The van der Waals surface area contributed by atoms with Crippen molar-refractivity contribution in [1.82, 2.24) is 15.3 Å². The zero-order valence-corrected chi connectivity index (χ0v) is 14.9. The van der Waals surface area contributed by atoms with E-state index in [0.29, 0.717) is 30.8 Å². The highest BCUT2D eigenvalue weighted by Crippen LogP contribution is 2.31. The third kappa shape index (κ3) is 5.36. The minimum absolute atomic E-state index is 0.146. The summed E-state index contributed by atoms with van der Waals surface area (Å²) in [4.78, 5) is 20.8. The molecule has 2 aromatic rings. The quantitative estimate of drug-likeness (QED) is 0.773. The number of alkyl halides is 6. The van der Waals surface area contributed by atoms with Crippen LogP contribution in [0.4, 0.5) is 32.0 Å². The first kappa shape index (κ1) is 20.9. The van der Waals surface area contributed by atoms with Crippen LogP contribution in [0.2, 0.25) is 0 Å². The van der Waals surface area contributed by atoms with Crippen molar-refractivity contribution < 1.29 is 31.1 Å². The molecule has 1 amide bonds. The second-order valence-corrected chi connectivity index (χ2v) is 6.65. The molecular formula is C18H16F6N4O. The molecule has 156 valence electrons. The summed E-state index contributed by atoms with van der Waals surface area (Å²) in [5.74, 6) is -0.402. The maximum Gasteiger partial charge on any atom is 0.433 e. The fourth-order valence-electron chi connectivity index (χ4n) is 3.03. The topological polar surface area (TPSA) is 58.1 Å². The summed E-state index contributed by atoms with van der Waals surface area (Å²) >= 11 is 0. The molecule has 0 aromatic carbocycles. The predicted molar refractivity (Wildman–Crippen MR) is 90.9 cm³/mol.